The standard InChI is InChI=1S/C39H60N4O/c1-29(2)30-14-16-38(7)33(36(30,5)15-11-21-40)13-12-31-32-28-35(3,4)17-19-39(32,20-18-37(31,38)6)34(44)41-22-9-10-23-43-26-24-42(8)25-27-43/h12,30,32-33H,1,11,13-20,22-28H2,2-8H3,(H,41,44)/t30-,32-,33+,36-,37+,38+,39-/m0/s1. The van der Waals surface area contributed by atoms with E-state index in [0.29, 0.717) is 24.8 Å². The van der Waals surface area contributed by atoms with Gasteiger partial charge in [0.05, 0.1) is 24.6 Å². The Hall–Kier alpha value is -2.08. The first-order chi connectivity index (χ1) is 20.7. The van der Waals surface area contributed by atoms with Crippen LogP contribution in [0.5, 0.6) is 0 Å². The van der Waals surface area contributed by atoms with E-state index in [4.69, 9.17) is 0 Å². The molecule has 1 amide bonds. The zero-order valence-corrected chi connectivity index (χ0v) is 29.1. The molecule has 44 heavy (non-hydrogen) atoms. The van der Waals surface area contributed by atoms with Gasteiger partial charge < -0.3 is 10.2 Å². The molecule has 0 bridgehead atoms. The van der Waals surface area contributed by atoms with Crippen LogP contribution in [0.3, 0.4) is 0 Å². The number of nitriles is 1. The van der Waals surface area contributed by atoms with Crippen LogP contribution in [0, 0.1) is 68.0 Å². The molecule has 0 aromatic rings. The van der Waals surface area contributed by atoms with Crippen molar-refractivity contribution >= 4 is 5.91 Å². The predicted molar refractivity (Wildman–Crippen MR) is 180 cm³/mol. The minimum absolute atomic E-state index is 0.0635. The summed E-state index contributed by atoms with van der Waals surface area (Å²) in [5, 5.41) is 13.0. The normalized spacial score (nSPS) is 40.1. The number of likely N-dealkylation sites (N-methyl/N-ethyl adjacent to an activating group) is 1. The molecule has 4 aliphatic carbocycles. The molecular weight excluding hydrogens is 540 g/mol. The second kappa shape index (κ2) is 12.3. The molecule has 1 heterocycles. The topological polar surface area (TPSA) is 59.4 Å². The monoisotopic (exact) mass is 600 g/mol. The van der Waals surface area contributed by atoms with Crippen molar-refractivity contribution in [2.45, 2.75) is 106 Å². The summed E-state index contributed by atoms with van der Waals surface area (Å²) in [6.45, 7) is 24.7. The number of carbonyl (C=O) groups is 1. The summed E-state index contributed by atoms with van der Waals surface area (Å²) >= 11 is 0. The summed E-state index contributed by atoms with van der Waals surface area (Å²) < 4.78 is 0. The van der Waals surface area contributed by atoms with Gasteiger partial charge in [-0.3, -0.25) is 9.69 Å². The molecule has 3 saturated carbocycles. The second-order valence-corrected chi connectivity index (χ2v) is 17.0. The molecule has 0 aromatic heterocycles. The zero-order chi connectivity index (χ0) is 32.0. The van der Waals surface area contributed by atoms with Crippen molar-refractivity contribution in [3.8, 4) is 17.9 Å². The number of piperazine rings is 1. The Balaban J connectivity index is 1.40. The van der Waals surface area contributed by atoms with Gasteiger partial charge in [-0.2, -0.15) is 5.26 Å². The summed E-state index contributed by atoms with van der Waals surface area (Å²) in [7, 11) is 2.18. The van der Waals surface area contributed by atoms with Crippen LogP contribution in [0.15, 0.2) is 23.8 Å². The lowest BCUT2D eigenvalue weighted by atomic mass is 9.35. The molecule has 1 saturated heterocycles. The van der Waals surface area contributed by atoms with Crippen LogP contribution in [0.25, 0.3) is 0 Å². The van der Waals surface area contributed by atoms with Gasteiger partial charge in [0.25, 0.3) is 0 Å². The van der Waals surface area contributed by atoms with E-state index in [1.165, 1.54) is 12.0 Å². The van der Waals surface area contributed by atoms with Gasteiger partial charge in [-0.1, -0.05) is 70.3 Å². The van der Waals surface area contributed by atoms with Gasteiger partial charge in [-0.25, -0.2) is 0 Å². The molecule has 4 fully saturated rings. The minimum Gasteiger partial charge on any atom is -0.345 e. The van der Waals surface area contributed by atoms with Gasteiger partial charge >= 0.3 is 0 Å². The van der Waals surface area contributed by atoms with E-state index >= 15 is 0 Å². The maximum absolute atomic E-state index is 14.3. The maximum Gasteiger partial charge on any atom is 0.227 e. The Kier molecular flexibility index (Phi) is 9.28. The molecule has 0 spiro atoms. The second-order valence-electron chi connectivity index (χ2n) is 17.0. The number of hydrogen-bond donors (Lipinski definition) is 1. The van der Waals surface area contributed by atoms with Gasteiger partial charge in [0.2, 0.25) is 5.91 Å². The highest BCUT2D eigenvalue weighted by Gasteiger charge is 2.67. The third kappa shape index (κ3) is 5.60. The van der Waals surface area contributed by atoms with E-state index in [-0.39, 0.29) is 38.9 Å². The average Bonchev–Trinajstić information content (AvgIpc) is 2.97. The summed E-state index contributed by atoms with van der Waals surface area (Å²) in [6.07, 6.45) is 12.8. The number of allylic oxidation sites excluding steroid dienone is 3. The highest BCUT2D eigenvalue weighted by Crippen LogP contribution is 2.74. The molecule has 7 atom stereocenters. The number of fused-ring (bicyclic) bond motifs is 5. The molecule has 1 N–H and O–H groups in total. The predicted octanol–water partition coefficient (Wildman–Crippen LogP) is 7.21. The van der Waals surface area contributed by atoms with Crippen LogP contribution >= 0.6 is 0 Å². The van der Waals surface area contributed by atoms with Crippen LogP contribution in [-0.4, -0.2) is 62.0 Å². The SMILES string of the molecule is C=C(C)[C@@H]1CC[C@]2(C)[C@H](CC=C3[C@@H]4CC(C)(C)CC[C@]4(C(=O)NCC#CCN4CCN(C)CC4)CC[C@]32C)[C@@]1(C)CCC#N. The summed E-state index contributed by atoms with van der Waals surface area (Å²) in [5.41, 5.74) is 3.05. The molecule has 1 aliphatic heterocycles. The van der Waals surface area contributed by atoms with E-state index < -0.39 is 0 Å². The smallest absolute Gasteiger partial charge is 0.227 e. The number of rotatable bonds is 6. The zero-order valence-electron chi connectivity index (χ0n) is 29.1. The van der Waals surface area contributed by atoms with Crippen LogP contribution in [0.1, 0.15) is 106 Å². The van der Waals surface area contributed by atoms with Crippen LogP contribution in [0.4, 0.5) is 0 Å². The third-order valence-corrected chi connectivity index (χ3v) is 14.1. The fraction of sp³-hybridized carbons (Fsp3) is 0.795. The molecule has 5 nitrogen and oxygen atoms in total. The van der Waals surface area contributed by atoms with E-state index in [9.17, 15) is 10.1 Å². The third-order valence-electron chi connectivity index (χ3n) is 14.1. The number of nitrogens with zero attached hydrogens (tertiary/aromatic N) is 3. The van der Waals surface area contributed by atoms with E-state index in [1.807, 2.05) is 0 Å². The Morgan fingerprint density at radius 3 is 2.43 bits per heavy atom. The number of amides is 1. The molecule has 0 aromatic carbocycles. The Bertz CT molecular complexity index is 1260. The van der Waals surface area contributed by atoms with Gasteiger partial charge in [0.1, 0.15) is 0 Å². The number of nitrogens with one attached hydrogen (secondary N) is 1. The average molecular weight is 601 g/mol. The number of hydrogen-bond acceptors (Lipinski definition) is 4. The number of carbonyl (C=O) groups excluding carboxylic acids is 1. The first-order valence-electron chi connectivity index (χ1n) is 17.6. The van der Waals surface area contributed by atoms with E-state index in [1.54, 1.807) is 5.57 Å². The van der Waals surface area contributed by atoms with Crippen LogP contribution in [-0.2, 0) is 4.79 Å². The maximum atomic E-state index is 14.3. The molecule has 5 aliphatic rings. The lowest BCUT2D eigenvalue weighted by molar-refractivity contribution is -0.157. The van der Waals surface area contributed by atoms with E-state index in [2.05, 4.69) is 94.3 Å². The van der Waals surface area contributed by atoms with Crippen molar-refractivity contribution in [1.29, 1.82) is 5.26 Å². The van der Waals surface area contributed by atoms with Crippen molar-refractivity contribution in [2.24, 2.45) is 44.8 Å². The summed E-state index contributed by atoms with van der Waals surface area (Å²) in [6, 6.07) is 2.48. The molecule has 0 unspecified atom stereocenters. The Labute approximate surface area is 269 Å². The Morgan fingerprint density at radius 2 is 1.75 bits per heavy atom. The largest absolute Gasteiger partial charge is 0.345 e. The highest BCUT2D eigenvalue weighted by molar-refractivity contribution is 5.84. The van der Waals surface area contributed by atoms with E-state index in [0.717, 1.165) is 84.1 Å². The Morgan fingerprint density at radius 1 is 1.05 bits per heavy atom. The van der Waals surface area contributed by atoms with Crippen molar-refractivity contribution in [1.82, 2.24) is 15.1 Å². The van der Waals surface area contributed by atoms with Gasteiger partial charge in [0.15, 0.2) is 0 Å². The molecule has 242 valence electrons. The van der Waals surface area contributed by atoms with Crippen molar-refractivity contribution in [2.75, 3.05) is 46.3 Å². The fourth-order valence-corrected chi connectivity index (χ4v) is 11.0. The molecule has 5 rings (SSSR count). The molecule has 0 radical (unpaired) electrons. The lowest BCUT2D eigenvalue weighted by Gasteiger charge is -2.69. The van der Waals surface area contributed by atoms with Gasteiger partial charge in [-0.05, 0) is 111 Å². The van der Waals surface area contributed by atoms with Gasteiger partial charge in [0, 0.05) is 32.6 Å². The summed E-state index contributed by atoms with van der Waals surface area (Å²) in [5.74, 6) is 8.13. The first kappa shape index (κ1) is 33.3. The lowest BCUT2D eigenvalue weighted by Crippen LogP contribution is -2.63. The highest BCUT2D eigenvalue weighted by atomic mass is 16.2. The fourth-order valence-electron chi connectivity index (χ4n) is 11.0. The van der Waals surface area contributed by atoms with Crippen molar-refractivity contribution in [3.63, 3.8) is 0 Å². The van der Waals surface area contributed by atoms with Crippen molar-refractivity contribution in [3.05, 3.63) is 23.8 Å². The van der Waals surface area contributed by atoms with Crippen LogP contribution < -0.4 is 5.32 Å². The molecular formula is C39H60N4O. The first-order valence-corrected chi connectivity index (χ1v) is 17.6. The summed E-state index contributed by atoms with van der Waals surface area (Å²) in [4.78, 5) is 19.1. The molecule has 5 heteroatoms. The quantitative estimate of drug-likeness (QED) is 0.258. The van der Waals surface area contributed by atoms with Crippen molar-refractivity contribution < 1.29 is 4.79 Å². The minimum atomic E-state index is -0.331. The van der Waals surface area contributed by atoms with Crippen LogP contribution in [0.2, 0.25) is 0 Å². The van der Waals surface area contributed by atoms with Gasteiger partial charge in [-0.15, -0.1) is 0 Å².